The molecule has 0 aliphatic carbocycles. The summed E-state index contributed by atoms with van der Waals surface area (Å²) in [4.78, 5) is 16.5. The SMILES string of the molecule is CCOc1ccc(C(=O)c2cncc(OC(C)C)c2)cc1. The highest BCUT2D eigenvalue weighted by Gasteiger charge is 2.11. The van der Waals surface area contributed by atoms with Crippen molar-refractivity contribution in [2.75, 3.05) is 6.61 Å². The van der Waals surface area contributed by atoms with Crippen molar-refractivity contribution < 1.29 is 14.3 Å². The first kappa shape index (κ1) is 15.0. The number of ether oxygens (including phenoxy) is 2. The molecule has 110 valence electrons. The van der Waals surface area contributed by atoms with Gasteiger partial charge < -0.3 is 9.47 Å². The van der Waals surface area contributed by atoms with E-state index in [2.05, 4.69) is 4.98 Å². The zero-order valence-electron chi connectivity index (χ0n) is 12.5. The highest BCUT2D eigenvalue weighted by molar-refractivity contribution is 6.09. The van der Waals surface area contributed by atoms with Crippen LogP contribution in [0.2, 0.25) is 0 Å². The van der Waals surface area contributed by atoms with Gasteiger partial charge in [-0.15, -0.1) is 0 Å². The molecule has 0 aliphatic rings. The Kier molecular flexibility index (Phi) is 4.93. The standard InChI is InChI=1S/C17H19NO3/c1-4-20-15-7-5-13(6-8-15)17(19)14-9-16(11-18-10-14)21-12(2)3/h5-12H,4H2,1-3H3. The fourth-order valence-corrected chi connectivity index (χ4v) is 1.92. The molecule has 4 heteroatoms. The number of pyridine rings is 1. The number of ketones is 1. The van der Waals surface area contributed by atoms with E-state index in [9.17, 15) is 4.79 Å². The Labute approximate surface area is 124 Å². The lowest BCUT2D eigenvalue weighted by Gasteiger charge is -2.10. The normalized spacial score (nSPS) is 10.5. The molecule has 21 heavy (non-hydrogen) atoms. The molecular formula is C17H19NO3. The molecule has 0 aliphatic heterocycles. The molecule has 0 radical (unpaired) electrons. The molecule has 0 amide bonds. The maximum absolute atomic E-state index is 12.4. The first-order chi connectivity index (χ1) is 10.1. The number of benzene rings is 1. The molecule has 2 aromatic rings. The van der Waals surface area contributed by atoms with Gasteiger partial charge in [-0.25, -0.2) is 0 Å². The van der Waals surface area contributed by atoms with Crippen molar-refractivity contribution in [2.24, 2.45) is 0 Å². The van der Waals surface area contributed by atoms with Crippen LogP contribution in [0.25, 0.3) is 0 Å². The molecule has 2 rings (SSSR count). The number of hydrogen-bond acceptors (Lipinski definition) is 4. The zero-order valence-corrected chi connectivity index (χ0v) is 12.5. The largest absolute Gasteiger partial charge is 0.494 e. The van der Waals surface area contributed by atoms with Gasteiger partial charge in [0.25, 0.3) is 0 Å². The average Bonchev–Trinajstić information content (AvgIpc) is 2.47. The summed E-state index contributed by atoms with van der Waals surface area (Å²) >= 11 is 0. The van der Waals surface area contributed by atoms with E-state index in [0.717, 1.165) is 5.75 Å². The van der Waals surface area contributed by atoms with Crippen molar-refractivity contribution in [1.29, 1.82) is 0 Å². The van der Waals surface area contributed by atoms with Gasteiger partial charge in [0.2, 0.25) is 0 Å². The highest BCUT2D eigenvalue weighted by Crippen LogP contribution is 2.18. The fourth-order valence-electron chi connectivity index (χ4n) is 1.92. The van der Waals surface area contributed by atoms with E-state index < -0.39 is 0 Å². The van der Waals surface area contributed by atoms with Crippen LogP contribution in [0.15, 0.2) is 42.7 Å². The quantitative estimate of drug-likeness (QED) is 0.762. The lowest BCUT2D eigenvalue weighted by molar-refractivity contribution is 0.103. The minimum atomic E-state index is -0.0836. The molecule has 4 nitrogen and oxygen atoms in total. The van der Waals surface area contributed by atoms with Gasteiger partial charge in [0.15, 0.2) is 5.78 Å². The van der Waals surface area contributed by atoms with Crippen molar-refractivity contribution >= 4 is 5.78 Å². The molecule has 0 N–H and O–H groups in total. The molecule has 1 heterocycles. The van der Waals surface area contributed by atoms with Crippen LogP contribution in [0.3, 0.4) is 0 Å². The van der Waals surface area contributed by atoms with Gasteiger partial charge in [-0.05, 0) is 51.1 Å². The van der Waals surface area contributed by atoms with E-state index in [1.807, 2.05) is 20.8 Å². The minimum Gasteiger partial charge on any atom is -0.494 e. The second kappa shape index (κ2) is 6.88. The summed E-state index contributed by atoms with van der Waals surface area (Å²) in [5.41, 5.74) is 1.11. The topological polar surface area (TPSA) is 48.4 Å². The van der Waals surface area contributed by atoms with Crippen LogP contribution in [0.5, 0.6) is 11.5 Å². The number of carbonyl (C=O) groups excluding carboxylic acids is 1. The molecule has 1 aromatic heterocycles. The van der Waals surface area contributed by atoms with Crippen LogP contribution < -0.4 is 9.47 Å². The molecule has 0 saturated heterocycles. The Hall–Kier alpha value is -2.36. The Bertz CT molecular complexity index is 606. The lowest BCUT2D eigenvalue weighted by atomic mass is 10.0. The zero-order chi connectivity index (χ0) is 15.2. The van der Waals surface area contributed by atoms with E-state index in [-0.39, 0.29) is 11.9 Å². The molecule has 0 bridgehead atoms. The summed E-state index contributed by atoms with van der Waals surface area (Å²) in [6.45, 7) is 6.39. The summed E-state index contributed by atoms with van der Waals surface area (Å²) in [5, 5.41) is 0. The molecule has 0 spiro atoms. The Balaban J connectivity index is 2.19. The monoisotopic (exact) mass is 285 g/mol. The fraction of sp³-hybridized carbons (Fsp3) is 0.294. The van der Waals surface area contributed by atoms with E-state index in [1.165, 1.54) is 0 Å². The average molecular weight is 285 g/mol. The van der Waals surface area contributed by atoms with Crippen molar-refractivity contribution in [3.05, 3.63) is 53.9 Å². The third-order valence-electron chi connectivity index (χ3n) is 2.77. The molecular weight excluding hydrogens is 266 g/mol. The maximum atomic E-state index is 12.4. The van der Waals surface area contributed by atoms with Gasteiger partial charge in [0.05, 0.1) is 18.9 Å². The minimum absolute atomic E-state index is 0.0441. The maximum Gasteiger partial charge on any atom is 0.194 e. The second-order valence-electron chi connectivity index (χ2n) is 4.86. The Morgan fingerprint density at radius 1 is 1.10 bits per heavy atom. The van der Waals surface area contributed by atoms with E-state index >= 15 is 0 Å². The van der Waals surface area contributed by atoms with Gasteiger partial charge in [-0.2, -0.15) is 0 Å². The Morgan fingerprint density at radius 3 is 2.43 bits per heavy atom. The van der Waals surface area contributed by atoms with Crippen LogP contribution in [-0.2, 0) is 0 Å². The number of nitrogens with zero attached hydrogens (tertiary/aromatic N) is 1. The van der Waals surface area contributed by atoms with E-state index in [1.54, 1.807) is 42.7 Å². The molecule has 1 aromatic carbocycles. The summed E-state index contributed by atoms with van der Waals surface area (Å²) < 4.78 is 10.9. The molecule has 0 unspecified atom stereocenters. The van der Waals surface area contributed by atoms with Gasteiger partial charge in [0, 0.05) is 17.3 Å². The number of hydrogen-bond donors (Lipinski definition) is 0. The molecule has 0 saturated carbocycles. The summed E-state index contributed by atoms with van der Waals surface area (Å²) in [7, 11) is 0. The third kappa shape index (κ3) is 4.05. The molecule has 0 atom stereocenters. The summed E-state index contributed by atoms with van der Waals surface area (Å²) in [5.74, 6) is 1.27. The van der Waals surface area contributed by atoms with Crippen molar-refractivity contribution in [3.63, 3.8) is 0 Å². The van der Waals surface area contributed by atoms with Crippen LogP contribution in [-0.4, -0.2) is 23.5 Å². The van der Waals surface area contributed by atoms with Crippen LogP contribution in [0.4, 0.5) is 0 Å². The first-order valence-corrected chi connectivity index (χ1v) is 6.99. The van der Waals surface area contributed by atoms with Gasteiger partial charge >= 0.3 is 0 Å². The van der Waals surface area contributed by atoms with E-state index in [0.29, 0.717) is 23.5 Å². The highest BCUT2D eigenvalue weighted by atomic mass is 16.5. The van der Waals surface area contributed by atoms with Crippen LogP contribution in [0.1, 0.15) is 36.7 Å². The van der Waals surface area contributed by atoms with Crippen LogP contribution in [0, 0.1) is 0 Å². The smallest absolute Gasteiger partial charge is 0.194 e. The van der Waals surface area contributed by atoms with Gasteiger partial charge in [0.1, 0.15) is 11.5 Å². The second-order valence-corrected chi connectivity index (χ2v) is 4.86. The predicted octanol–water partition coefficient (Wildman–Crippen LogP) is 3.50. The number of rotatable bonds is 6. The summed E-state index contributed by atoms with van der Waals surface area (Å²) in [6.07, 6.45) is 3.20. The van der Waals surface area contributed by atoms with Crippen molar-refractivity contribution in [3.8, 4) is 11.5 Å². The lowest BCUT2D eigenvalue weighted by Crippen LogP contribution is -2.08. The van der Waals surface area contributed by atoms with E-state index in [4.69, 9.17) is 9.47 Å². The summed E-state index contributed by atoms with van der Waals surface area (Å²) in [6, 6.07) is 8.80. The van der Waals surface area contributed by atoms with Crippen molar-refractivity contribution in [1.82, 2.24) is 4.98 Å². The van der Waals surface area contributed by atoms with Gasteiger partial charge in [-0.1, -0.05) is 0 Å². The third-order valence-corrected chi connectivity index (χ3v) is 2.77. The number of carbonyl (C=O) groups is 1. The molecule has 0 fully saturated rings. The predicted molar refractivity (Wildman–Crippen MR) is 81.0 cm³/mol. The first-order valence-electron chi connectivity index (χ1n) is 6.99. The number of aromatic nitrogens is 1. The van der Waals surface area contributed by atoms with Crippen molar-refractivity contribution in [2.45, 2.75) is 26.9 Å². The van der Waals surface area contributed by atoms with Gasteiger partial charge in [-0.3, -0.25) is 9.78 Å². The van der Waals surface area contributed by atoms with Crippen LogP contribution >= 0.6 is 0 Å². The Morgan fingerprint density at radius 2 is 1.81 bits per heavy atom.